The number of ketones is 1. The highest BCUT2D eigenvalue weighted by atomic mass is 16.1. The Morgan fingerprint density at radius 3 is 1.48 bits per heavy atom. The largest absolute Gasteiger partial charge is 0.299 e. The lowest BCUT2D eigenvalue weighted by molar-refractivity contribution is -0.118. The van der Waals surface area contributed by atoms with Crippen molar-refractivity contribution in [3.63, 3.8) is 0 Å². The average molecular weight is 278 g/mol. The lowest BCUT2D eigenvalue weighted by Gasteiger charge is -2.08. The highest BCUT2D eigenvalue weighted by molar-refractivity contribution is 5.81. The third-order valence-electron chi connectivity index (χ3n) is 4.32. The van der Waals surface area contributed by atoms with Crippen LogP contribution in [0.15, 0.2) is 48.5 Å². The molecule has 4 aliphatic rings. The molecule has 0 N–H and O–H groups in total. The summed E-state index contributed by atoms with van der Waals surface area (Å²) in [6.45, 7) is 0. The van der Waals surface area contributed by atoms with Gasteiger partial charge >= 0.3 is 0 Å². The van der Waals surface area contributed by atoms with Crippen LogP contribution in [0.5, 0.6) is 0 Å². The second-order valence-electron chi connectivity index (χ2n) is 6.06. The maximum absolute atomic E-state index is 12.1. The van der Waals surface area contributed by atoms with Crippen molar-refractivity contribution in [1.29, 1.82) is 0 Å². The fraction of sp³-hybridized carbons (Fsp3) is 0.350. The molecule has 0 amide bonds. The summed E-state index contributed by atoms with van der Waals surface area (Å²) in [5, 5.41) is 0. The summed E-state index contributed by atoms with van der Waals surface area (Å²) in [5.41, 5.74) is 5.21. The quantitative estimate of drug-likeness (QED) is 0.702. The monoisotopic (exact) mass is 278 g/mol. The molecule has 0 saturated carbocycles. The van der Waals surface area contributed by atoms with Gasteiger partial charge < -0.3 is 0 Å². The maximum Gasteiger partial charge on any atom is 0.137 e. The van der Waals surface area contributed by atoms with Gasteiger partial charge in [-0.15, -0.1) is 0 Å². The number of benzene rings is 2. The summed E-state index contributed by atoms with van der Waals surface area (Å²) in [6, 6.07) is 17.4. The molecule has 108 valence electrons. The van der Waals surface area contributed by atoms with Gasteiger partial charge in [-0.25, -0.2) is 0 Å². The summed E-state index contributed by atoms with van der Waals surface area (Å²) >= 11 is 0. The molecule has 0 aliphatic heterocycles. The van der Waals surface area contributed by atoms with Crippen LogP contribution in [0.2, 0.25) is 0 Å². The van der Waals surface area contributed by atoms with Gasteiger partial charge in [0.05, 0.1) is 0 Å². The van der Waals surface area contributed by atoms with Crippen LogP contribution in [0.25, 0.3) is 0 Å². The standard InChI is InChI=1S/C20H22O/c21-20-14-13-18-7-5-16(6-8-18)3-1-2-4-17-9-11-19(15-20)12-10-17/h5-12H,1-4,13-15H2. The molecule has 2 aromatic rings. The first-order valence-corrected chi connectivity index (χ1v) is 7.97. The Morgan fingerprint density at radius 2 is 0.952 bits per heavy atom. The molecule has 4 bridgehead atoms. The van der Waals surface area contributed by atoms with Gasteiger partial charge in [-0.3, -0.25) is 4.79 Å². The number of hydrogen-bond donors (Lipinski definition) is 0. The van der Waals surface area contributed by atoms with Gasteiger partial charge in [0.15, 0.2) is 0 Å². The van der Waals surface area contributed by atoms with Crippen LogP contribution in [0.4, 0.5) is 0 Å². The Hall–Kier alpha value is -1.89. The van der Waals surface area contributed by atoms with E-state index in [1.807, 2.05) is 0 Å². The normalized spacial score (nSPS) is 16.3. The summed E-state index contributed by atoms with van der Waals surface area (Å²) in [4.78, 5) is 12.1. The van der Waals surface area contributed by atoms with Gasteiger partial charge in [-0.05, 0) is 54.4 Å². The van der Waals surface area contributed by atoms with E-state index in [0.29, 0.717) is 18.6 Å². The van der Waals surface area contributed by atoms with Gasteiger partial charge in [-0.1, -0.05) is 48.5 Å². The van der Waals surface area contributed by atoms with E-state index in [4.69, 9.17) is 0 Å². The van der Waals surface area contributed by atoms with Crippen molar-refractivity contribution in [2.75, 3.05) is 0 Å². The molecule has 0 heterocycles. The zero-order valence-corrected chi connectivity index (χ0v) is 12.5. The SMILES string of the molecule is O=C1CCc2ccc(cc2)CCCCc2ccc(cc2)C1. The minimum atomic E-state index is 0.332. The van der Waals surface area contributed by atoms with Gasteiger partial charge in [0.25, 0.3) is 0 Å². The summed E-state index contributed by atoms with van der Waals surface area (Å²) in [5.74, 6) is 0.332. The second-order valence-corrected chi connectivity index (χ2v) is 6.06. The van der Waals surface area contributed by atoms with Crippen molar-refractivity contribution < 1.29 is 4.79 Å². The molecule has 21 heavy (non-hydrogen) atoms. The van der Waals surface area contributed by atoms with Crippen molar-refractivity contribution in [2.24, 2.45) is 0 Å². The van der Waals surface area contributed by atoms with E-state index in [2.05, 4.69) is 48.5 Å². The zero-order valence-electron chi connectivity index (χ0n) is 12.5. The van der Waals surface area contributed by atoms with Crippen molar-refractivity contribution in [1.82, 2.24) is 0 Å². The number of Topliss-reactive ketones (excluding diaryl/α,β-unsaturated/α-hetero) is 1. The molecule has 4 aliphatic carbocycles. The highest BCUT2D eigenvalue weighted by Gasteiger charge is 2.06. The number of carbonyl (C=O) groups is 1. The van der Waals surface area contributed by atoms with E-state index in [1.165, 1.54) is 29.5 Å². The first kappa shape index (κ1) is 14.1. The Kier molecular flexibility index (Phi) is 4.49. The topological polar surface area (TPSA) is 17.1 Å². The zero-order chi connectivity index (χ0) is 14.5. The third-order valence-corrected chi connectivity index (χ3v) is 4.32. The van der Waals surface area contributed by atoms with E-state index >= 15 is 0 Å². The molecular weight excluding hydrogens is 256 g/mol. The molecule has 0 radical (unpaired) electrons. The fourth-order valence-electron chi connectivity index (χ4n) is 2.95. The number of aryl methyl sites for hydroxylation is 3. The van der Waals surface area contributed by atoms with Gasteiger partial charge in [-0.2, -0.15) is 0 Å². The fourth-order valence-corrected chi connectivity index (χ4v) is 2.95. The summed E-state index contributed by atoms with van der Waals surface area (Å²) in [6.07, 6.45) is 6.81. The maximum atomic E-state index is 12.1. The van der Waals surface area contributed by atoms with Crippen LogP contribution in [-0.4, -0.2) is 5.78 Å². The molecule has 2 aromatic carbocycles. The van der Waals surface area contributed by atoms with Crippen LogP contribution in [-0.2, 0) is 30.5 Å². The minimum Gasteiger partial charge on any atom is -0.299 e. The van der Waals surface area contributed by atoms with E-state index in [1.54, 1.807) is 0 Å². The van der Waals surface area contributed by atoms with Crippen LogP contribution in [0, 0.1) is 0 Å². The Balaban J connectivity index is 1.77. The van der Waals surface area contributed by atoms with Crippen molar-refractivity contribution in [3.05, 3.63) is 70.8 Å². The molecule has 0 saturated heterocycles. The van der Waals surface area contributed by atoms with E-state index in [9.17, 15) is 4.79 Å². The van der Waals surface area contributed by atoms with Gasteiger partial charge in [0, 0.05) is 12.8 Å². The molecule has 6 rings (SSSR count). The van der Waals surface area contributed by atoms with Crippen molar-refractivity contribution in [2.45, 2.75) is 44.9 Å². The molecule has 0 atom stereocenters. The molecule has 0 fully saturated rings. The summed E-state index contributed by atoms with van der Waals surface area (Å²) < 4.78 is 0. The van der Waals surface area contributed by atoms with Crippen molar-refractivity contribution >= 4 is 5.78 Å². The second kappa shape index (κ2) is 6.71. The lowest BCUT2D eigenvalue weighted by Crippen LogP contribution is -2.05. The van der Waals surface area contributed by atoms with Gasteiger partial charge in [0.1, 0.15) is 5.78 Å². The number of hydrogen-bond acceptors (Lipinski definition) is 1. The summed E-state index contributed by atoms with van der Waals surface area (Å²) in [7, 11) is 0. The Labute approximate surface area is 127 Å². The van der Waals surface area contributed by atoms with Crippen LogP contribution in [0.1, 0.15) is 41.5 Å². The Morgan fingerprint density at radius 1 is 0.524 bits per heavy atom. The molecule has 1 nitrogen and oxygen atoms in total. The smallest absolute Gasteiger partial charge is 0.137 e. The van der Waals surface area contributed by atoms with Crippen molar-refractivity contribution in [3.8, 4) is 0 Å². The average Bonchev–Trinajstić information content (AvgIpc) is 2.51. The molecule has 0 unspecified atom stereocenters. The van der Waals surface area contributed by atoms with E-state index in [0.717, 1.165) is 24.8 Å². The van der Waals surface area contributed by atoms with E-state index in [-0.39, 0.29) is 0 Å². The van der Waals surface area contributed by atoms with Gasteiger partial charge in [0.2, 0.25) is 0 Å². The highest BCUT2D eigenvalue weighted by Crippen LogP contribution is 2.14. The van der Waals surface area contributed by atoms with Crippen LogP contribution in [0.3, 0.4) is 0 Å². The number of carbonyl (C=O) groups excluding carboxylic acids is 1. The predicted octanol–water partition coefficient (Wildman–Crippen LogP) is 4.31. The lowest BCUT2D eigenvalue weighted by atomic mass is 9.97. The first-order valence-electron chi connectivity index (χ1n) is 7.97. The molecule has 0 spiro atoms. The predicted molar refractivity (Wildman–Crippen MR) is 86.6 cm³/mol. The number of rotatable bonds is 0. The van der Waals surface area contributed by atoms with Crippen LogP contribution < -0.4 is 0 Å². The van der Waals surface area contributed by atoms with Crippen LogP contribution >= 0.6 is 0 Å². The molecular formula is C20H22O. The minimum absolute atomic E-state index is 0.332. The van der Waals surface area contributed by atoms with E-state index < -0.39 is 0 Å². The third kappa shape index (κ3) is 4.04. The first-order chi connectivity index (χ1) is 10.3. The molecule has 1 heteroatoms. The molecule has 0 aromatic heterocycles. The Bertz CT molecular complexity index is 593.